The summed E-state index contributed by atoms with van der Waals surface area (Å²) in [6.07, 6.45) is -6.43. The molecule has 0 spiro atoms. The van der Waals surface area contributed by atoms with Crippen molar-refractivity contribution in [3.8, 4) is 0 Å². The molecule has 13 heteroatoms. The number of aromatic nitrogens is 3. The highest BCUT2D eigenvalue weighted by Gasteiger charge is 2.72. The minimum Gasteiger partial charge on any atom is -0.369 e. The van der Waals surface area contributed by atoms with Crippen LogP contribution in [0.2, 0.25) is 0 Å². The number of thiazole rings is 1. The zero-order valence-corrected chi connectivity index (χ0v) is 16.0. The number of pyridine rings is 2. The van der Waals surface area contributed by atoms with Crippen LogP contribution >= 0.6 is 11.3 Å². The summed E-state index contributed by atoms with van der Waals surface area (Å²) >= 11 is -0.0834. The van der Waals surface area contributed by atoms with E-state index in [-0.39, 0.29) is 29.6 Å². The number of nitrogens with zero attached hydrogens (tertiary/aromatic N) is 4. The minimum atomic E-state index is -6.06. The number of amides is 1. The Hall–Kier alpha value is -3.06. The van der Waals surface area contributed by atoms with Gasteiger partial charge in [0.15, 0.2) is 5.13 Å². The highest BCUT2D eigenvalue weighted by atomic mass is 32.1. The summed E-state index contributed by atoms with van der Waals surface area (Å²) in [4.78, 5) is 23.5. The number of anilines is 1. The molecule has 0 bridgehead atoms. The quantitative estimate of drug-likeness (QED) is 0.578. The van der Waals surface area contributed by atoms with Gasteiger partial charge in [-0.05, 0) is 29.8 Å². The van der Waals surface area contributed by atoms with Gasteiger partial charge in [0, 0.05) is 36.5 Å². The zero-order chi connectivity index (χ0) is 22.9. The van der Waals surface area contributed by atoms with Gasteiger partial charge < -0.3 is 5.11 Å². The molecule has 6 nitrogen and oxygen atoms in total. The van der Waals surface area contributed by atoms with Crippen molar-refractivity contribution >= 4 is 22.4 Å². The molecule has 0 radical (unpaired) electrons. The molecule has 0 aromatic carbocycles. The van der Waals surface area contributed by atoms with Gasteiger partial charge in [0.1, 0.15) is 0 Å². The number of hydrogen-bond donors (Lipinski definition) is 1. The van der Waals surface area contributed by atoms with Gasteiger partial charge in [-0.1, -0.05) is 11.3 Å². The number of halogens is 6. The predicted molar refractivity (Wildman–Crippen MR) is 97.1 cm³/mol. The monoisotopic (exact) mass is 462 g/mol. The third kappa shape index (κ3) is 4.37. The molecule has 0 unspecified atom stereocenters. The molecule has 0 aliphatic carbocycles. The fourth-order valence-electron chi connectivity index (χ4n) is 2.54. The Bertz CT molecular complexity index is 1030. The molecular formula is C18H12F6N4O2S. The first kappa shape index (κ1) is 22.6. The van der Waals surface area contributed by atoms with Crippen molar-refractivity contribution in [2.75, 3.05) is 4.90 Å². The number of carbonyl (C=O) groups excluding carboxylic acids is 1. The predicted octanol–water partition coefficient (Wildman–Crippen LogP) is 4.09. The molecule has 1 amide bonds. The van der Waals surface area contributed by atoms with Crippen molar-refractivity contribution in [2.45, 2.75) is 24.5 Å². The van der Waals surface area contributed by atoms with Crippen LogP contribution in [0, 0.1) is 0 Å². The van der Waals surface area contributed by atoms with E-state index >= 15 is 0 Å². The lowest BCUT2D eigenvalue weighted by molar-refractivity contribution is -0.375. The molecule has 3 rings (SSSR count). The average Bonchev–Trinajstić information content (AvgIpc) is 3.20. The molecule has 3 aromatic heterocycles. The first-order chi connectivity index (χ1) is 14.4. The Morgan fingerprint density at radius 1 is 0.935 bits per heavy atom. The van der Waals surface area contributed by atoms with Crippen LogP contribution in [-0.4, -0.2) is 38.3 Å². The SMILES string of the molecule is O=C(c1ccncc1)N(Cc1ccncc1)c1ncc(C(O)(C(F)(F)F)C(F)(F)F)s1. The van der Waals surface area contributed by atoms with Crippen molar-refractivity contribution in [2.24, 2.45) is 0 Å². The summed E-state index contributed by atoms with van der Waals surface area (Å²) < 4.78 is 79.1. The zero-order valence-electron chi connectivity index (χ0n) is 15.2. The lowest BCUT2D eigenvalue weighted by Crippen LogP contribution is -2.53. The maximum Gasteiger partial charge on any atom is 0.431 e. The first-order valence-corrected chi connectivity index (χ1v) is 9.19. The standard InChI is InChI=1S/C18H12F6N4O2S/c19-17(20,21)16(30,18(22,23)24)13-9-27-15(31-13)28(10-11-1-5-25-6-2-11)14(29)12-3-7-26-8-4-12/h1-9,30H,10H2. The molecule has 0 aliphatic rings. The second-order valence-corrected chi connectivity index (χ2v) is 7.20. The summed E-state index contributed by atoms with van der Waals surface area (Å²) in [6, 6.07) is 5.70. The Morgan fingerprint density at radius 3 is 1.97 bits per heavy atom. The smallest absolute Gasteiger partial charge is 0.369 e. The van der Waals surface area contributed by atoms with E-state index in [0.717, 1.165) is 4.90 Å². The van der Waals surface area contributed by atoms with Gasteiger partial charge in [0.2, 0.25) is 0 Å². The largest absolute Gasteiger partial charge is 0.431 e. The minimum absolute atomic E-state index is 0.0834. The summed E-state index contributed by atoms with van der Waals surface area (Å²) in [5, 5.41) is 9.14. The Balaban J connectivity index is 2.07. The Morgan fingerprint density at radius 2 is 1.45 bits per heavy atom. The molecule has 0 saturated carbocycles. The number of hydrogen-bond acceptors (Lipinski definition) is 6. The molecule has 0 aliphatic heterocycles. The van der Waals surface area contributed by atoms with Gasteiger partial charge >= 0.3 is 12.4 Å². The summed E-state index contributed by atoms with van der Waals surface area (Å²) in [6.45, 7) is -0.215. The van der Waals surface area contributed by atoms with E-state index in [2.05, 4.69) is 15.0 Å². The van der Waals surface area contributed by atoms with Crippen LogP contribution in [0.25, 0.3) is 0 Å². The summed E-state index contributed by atoms with van der Waals surface area (Å²) in [5.41, 5.74) is -4.54. The van der Waals surface area contributed by atoms with E-state index in [1.165, 1.54) is 49.1 Å². The molecule has 0 saturated heterocycles. The van der Waals surface area contributed by atoms with Crippen LogP contribution < -0.4 is 4.90 Å². The molecule has 3 aromatic rings. The topological polar surface area (TPSA) is 79.2 Å². The molecule has 1 N–H and O–H groups in total. The number of carbonyl (C=O) groups is 1. The maximum atomic E-state index is 13.2. The van der Waals surface area contributed by atoms with Crippen molar-refractivity contribution in [1.82, 2.24) is 15.0 Å². The van der Waals surface area contributed by atoms with E-state index in [1.54, 1.807) is 0 Å². The Kier molecular flexibility index (Phi) is 6.00. The number of rotatable bonds is 5. The third-order valence-electron chi connectivity index (χ3n) is 4.16. The van der Waals surface area contributed by atoms with Gasteiger partial charge in [-0.15, -0.1) is 0 Å². The Labute approximate surface area is 174 Å². The van der Waals surface area contributed by atoms with Gasteiger partial charge in [0.05, 0.1) is 11.4 Å². The van der Waals surface area contributed by atoms with Gasteiger partial charge in [-0.2, -0.15) is 26.3 Å². The van der Waals surface area contributed by atoms with Crippen LogP contribution in [0.3, 0.4) is 0 Å². The van der Waals surface area contributed by atoms with E-state index in [1.807, 2.05) is 0 Å². The fraction of sp³-hybridized carbons (Fsp3) is 0.222. The van der Waals surface area contributed by atoms with Crippen LogP contribution in [0.15, 0.2) is 55.2 Å². The highest BCUT2D eigenvalue weighted by molar-refractivity contribution is 7.16. The second kappa shape index (κ2) is 8.23. The number of aliphatic hydroxyl groups is 1. The van der Waals surface area contributed by atoms with Crippen LogP contribution in [-0.2, 0) is 12.1 Å². The van der Waals surface area contributed by atoms with Gasteiger partial charge in [-0.25, -0.2) is 4.98 Å². The summed E-state index contributed by atoms with van der Waals surface area (Å²) in [7, 11) is 0. The highest BCUT2D eigenvalue weighted by Crippen LogP contribution is 2.52. The van der Waals surface area contributed by atoms with E-state index < -0.39 is 33.9 Å². The van der Waals surface area contributed by atoms with Crippen molar-refractivity contribution < 1.29 is 36.2 Å². The van der Waals surface area contributed by atoms with E-state index in [0.29, 0.717) is 5.56 Å². The molecule has 0 fully saturated rings. The van der Waals surface area contributed by atoms with Crippen molar-refractivity contribution in [1.29, 1.82) is 0 Å². The van der Waals surface area contributed by atoms with E-state index in [4.69, 9.17) is 0 Å². The second-order valence-electron chi connectivity index (χ2n) is 6.20. The number of alkyl halides is 6. The maximum absolute atomic E-state index is 13.2. The normalized spacial score (nSPS) is 12.6. The first-order valence-electron chi connectivity index (χ1n) is 8.38. The van der Waals surface area contributed by atoms with Crippen LogP contribution in [0.1, 0.15) is 20.8 Å². The summed E-state index contributed by atoms with van der Waals surface area (Å²) in [5.74, 6) is -0.734. The van der Waals surface area contributed by atoms with Gasteiger partial charge in [0.25, 0.3) is 11.5 Å². The van der Waals surface area contributed by atoms with Crippen LogP contribution in [0.4, 0.5) is 31.5 Å². The lowest BCUT2D eigenvalue weighted by Gasteiger charge is -2.30. The van der Waals surface area contributed by atoms with Crippen LogP contribution in [0.5, 0.6) is 0 Å². The molecule has 164 valence electrons. The molecule has 31 heavy (non-hydrogen) atoms. The molecular weight excluding hydrogens is 450 g/mol. The molecule has 3 heterocycles. The van der Waals surface area contributed by atoms with Gasteiger partial charge in [-0.3, -0.25) is 19.7 Å². The van der Waals surface area contributed by atoms with E-state index in [9.17, 15) is 36.2 Å². The van der Waals surface area contributed by atoms with Crippen molar-refractivity contribution in [3.05, 3.63) is 71.3 Å². The molecule has 0 atom stereocenters. The average molecular weight is 462 g/mol. The third-order valence-corrected chi connectivity index (χ3v) is 5.29. The van der Waals surface area contributed by atoms with Crippen molar-refractivity contribution in [3.63, 3.8) is 0 Å². The lowest BCUT2D eigenvalue weighted by atomic mass is 10.0. The fourth-order valence-corrected chi connectivity index (χ4v) is 3.59.